The number of pyridine rings is 2. The predicted octanol–water partition coefficient (Wildman–Crippen LogP) is 2.56. The van der Waals surface area contributed by atoms with Crippen LogP contribution in [0.2, 0.25) is 0 Å². The number of carbonyl (C=O) groups is 4. The monoisotopic (exact) mass is 856 g/mol. The van der Waals surface area contributed by atoms with Gasteiger partial charge in [0.15, 0.2) is 0 Å². The van der Waals surface area contributed by atoms with E-state index in [4.69, 9.17) is 34.4 Å². The largest absolute Gasteiger partial charge is 0.462 e. The molecule has 7 rings (SSSR count). The summed E-state index contributed by atoms with van der Waals surface area (Å²) in [6.45, 7) is 6.82. The summed E-state index contributed by atoms with van der Waals surface area (Å²) in [6.07, 6.45) is -4.65. The van der Waals surface area contributed by atoms with Crippen LogP contribution in [0, 0.1) is 5.92 Å². The van der Waals surface area contributed by atoms with Crippen LogP contribution in [0.25, 0.3) is 22.3 Å². The van der Waals surface area contributed by atoms with E-state index < -0.39 is 83.7 Å². The number of nitrogens with two attached hydrogens (primary N) is 1. The fourth-order valence-corrected chi connectivity index (χ4v) is 8.11. The first-order chi connectivity index (χ1) is 29.7. The quantitative estimate of drug-likeness (QED) is 0.0879. The Hall–Kier alpha value is -5.92. The van der Waals surface area contributed by atoms with Crippen LogP contribution in [-0.2, 0) is 52.1 Å². The summed E-state index contributed by atoms with van der Waals surface area (Å²) in [5, 5.41) is 29.8. The van der Waals surface area contributed by atoms with E-state index in [1.807, 2.05) is 30.3 Å². The number of para-hydroxylation sites is 1. The number of nitrogens with zero attached hydrogens (tertiary/aromatic N) is 2. The van der Waals surface area contributed by atoms with E-state index in [1.165, 1.54) is 31.4 Å². The summed E-state index contributed by atoms with van der Waals surface area (Å²) in [5.41, 5.74) is 6.71. The fourth-order valence-electron chi connectivity index (χ4n) is 8.11. The minimum atomic E-state index is -2.01. The normalized spacial score (nSPS) is 23.6. The Labute approximate surface area is 357 Å². The van der Waals surface area contributed by atoms with Gasteiger partial charge in [-0.2, -0.15) is 0 Å². The number of hydrogen-bond acceptors (Lipinski definition) is 14. The van der Waals surface area contributed by atoms with Gasteiger partial charge < -0.3 is 60.1 Å². The van der Waals surface area contributed by atoms with E-state index in [0.29, 0.717) is 29.2 Å². The number of cyclic esters (lactones) is 1. The number of carbonyl (C=O) groups excluding carboxylic acids is 4. The minimum Gasteiger partial charge on any atom is -0.462 e. The summed E-state index contributed by atoms with van der Waals surface area (Å²) in [5.74, 6) is -2.74. The molecule has 5 heterocycles. The van der Waals surface area contributed by atoms with Crippen LogP contribution < -0.4 is 32.0 Å². The molecule has 330 valence electrons. The molecule has 0 saturated carbocycles. The molecule has 7 N–H and O–H groups in total. The van der Waals surface area contributed by atoms with Crippen molar-refractivity contribution in [2.45, 2.75) is 108 Å². The van der Waals surface area contributed by atoms with Crippen LogP contribution >= 0.6 is 0 Å². The van der Waals surface area contributed by atoms with E-state index in [2.05, 4.69) is 16.0 Å². The number of hydrogen-bond donors (Lipinski definition) is 6. The van der Waals surface area contributed by atoms with Gasteiger partial charge in [-0.15, -0.1) is 0 Å². The van der Waals surface area contributed by atoms with Crippen LogP contribution in [0.5, 0.6) is 5.75 Å². The molecule has 3 aliphatic rings. The van der Waals surface area contributed by atoms with Gasteiger partial charge in [0, 0.05) is 29.3 Å². The summed E-state index contributed by atoms with van der Waals surface area (Å²) >= 11 is 0. The Morgan fingerprint density at radius 1 is 1.05 bits per heavy atom. The molecule has 0 bridgehead atoms. The molecular formula is C44H52N6O12. The Morgan fingerprint density at radius 3 is 2.48 bits per heavy atom. The van der Waals surface area contributed by atoms with Crippen molar-refractivity contribution in [3.05, 3.63) is 87.7 Å². The third-order valence-corrected chi connectivity index (χ3v) is 11.6. The number of urea groups is 1. The number of rotatable bonds is 14. The molecule has 62 heavy (non-hydrogen) atoms. The van der Waals surface area contributed by atoms with Gasteiger partial charge in [0.2, 0.25) is 17.8 Å². The summed E-state index contributed by atoms with van der Waals surface area (Å²) in [4.78, 5) is 73.9. The number of benzene rings is 2. The highest BCUT2D eigenvalue weighted by molar-refractivity contribution is 5.95. The summed E-state index contributed by atoms with van der Waals surface area (Å²) in [7, 11) is 1.37. The Morgan fingerprint density at radius 2 is 1.79 bits per heavy atom. The third kappa shape index (κ3) is 8.48. The number of anilines is 1. The zero-order chi connectivity index (χ0) is 44.5. The number of aromatic nitrogens is 2. The molecule has 2 aromatic carbocycles. The van der Waals surface area contributed by atoms with Crippen molar-refractivity contribution in [1.29, 1.82) is 0 Å². The lowest BCUT2D eigenvalue weighted by atomic mass is 9.85. The second kappa shape index (κ2) is 18.2. The first-order valence-corrected chi connectivity index (χ1v) is 20.6. The average molecular weight is 857 g/mol. The van der Waals surface area contributed by atoms with Gasteiger partial charge in [0.05, 0.1) is 35.1 Å². The molecule has 1 fully saturated rings. The highest BCUT2D eigenvalue weighted by Crippen LogP contribution is 2.41. The number of ether oxygens (including phenoxy) is 5. The predicted molar refractivity (Wildman–Crippen MR) is 224 cm³/mol. The first kappa shape index (κ1) is 44.1. The lowest BCUT2D eigenvalue weighted by Crippen LogP contribution is -2.59. The van der Waals surface area contributed by atoms with Crippen molar-refractivity contribution in [3.63, 3.8) is 0 Å². The maximum absolute atomic E-state index is 14.2. The van der Waals surface area contributed by atoms with Gasteiger partial charge in [-0.25, -0.2) is 19.4 Å². The first-order valence-electron chi connectivity index (χ1n) is 20.6. The zero-order valence-corrected chi connectivity index (χ0v) is 35.1. The highest BCUT2D eigenvalue weighted by atomic mass is 16.7. The van der Waals surface area contributed by atoms with Crippen LogP contribution in [0.1, 0.15) is 63.6 Å². The third-order valence-electron chi connectivity index (χ3n) is 11.6. The van der Waals surface area contributed by atoms with Crippen molar-refractivity contribution < 1.29 is 53.1 Å². The molecule has 8 atom stereocenters. The lowest BCUT2D eigenvalue weighted by molar-refractivity contribution is -0.272. The van der Waals surface area contributed by atoms with Crippen molar-refractivity contribution >= 4 is 40.5 Å². The topological polar surface area (TPSA) is 252 Å². The van der Waals surface area contributed by atoms with E-state index >= 15 is 0 Å². The number of nitrogens with one attached hydrogen (secondary N) is 3. The Bertz CT molecular complexity index is 2410. The number of methoxy groups -OCH3 is 1. The molecule has 18 nitrogen and oxygen atoms in total. The van der Waals surface area contributed by atoms with Crippen LogP contribution in [0.15, 0.2) is 65.5 Å². The standard InChI is InChI=1S/C44H52N6O12/c1-6-44(29-19-32-34-25(18-24-10-7-8-11-30(24)47-34)20-50(32)39(54)28(29)21-59-42(44)56)62-40(55)33(22(2)3)49-38(53)31(12-9-17-45)48-43(57)46-26-13-15-27(16-14-26)61-41-36(52)37(58-5)35(51)23(4)60-41/h7-8,10-11,13-16,18-19,22-23,31,33,35-37,41,51-52H,6,9,12,17,20-21,45H2,1-5H3,(H,49,53)(H2,46,48,57)/t23-,31-,33-,35?,36-,37+,41+,44-/m0/s1. The van der Waals surface area contributed by atoms with Gasteiger partial charge in [-0.1, -0.05) is 39.0 Å². The van der Waals surface area contributed by atoms with Crippen molar-refractivity contribution in [3.8, 4) is 17.1 Å². The second-order valence-corrected chi connectivity index (χ2v) is 16.0. The van der Waals surface area contributed by atoms with Crippen molar-refractivity contribution in [1.82, 2.24) is 20.2 Å². The van der Waals surface area contributed by atoms with E-state index in [1.54, 1.807) is 38.3 Å². The van der Waals surface area contributed by atoms with Gasteiger partial charge in [0.1, 0.15) is 42.8 Å². The number of fused-ring (bicyclic) bond motifs is 5. The Balaban J connectivity index is 1.05. The lowest BCUT2D eigenvalue weighted by Gasteiger charge is -2.40. The fraction of sp³-hybridized carbons (Fsp3) is 0.455. The molecular weight excluding hydrogens is 805 g/mol. The molecule has 1 unspecified atom stereocenters. The summed E-state index contributed by atoms with van der Waals surface area (Å²) < 4.78 is 29.8. The number of aliphatic hydroxyl groups is 2. The van der Waals surface area contributed by atoms with Gasteiger partial charge >= 0.3 is 18.0 Å². The number of esters is 2. The van der Waals surface area contributed by atoms with Crippen molar-refractivity contribution in [2.24, 2.45) is 11.7 Å². The molecule has 18 heteroatoms. The molecule has 2 aromatic heterocycles. The van der Waals surface area contributed by atoms with Crippen molar-refractivity contribution in [2.75, 3.05) is 19.0 Å². The van der Waals surface area contributed by atoms with E-state index in [-0.39, 0.29) is 43.7 Å². The molecule has 0 radical (unpaired) electrons. The average Bonchev–Trinajstić information content (AvgIpc) is 3.61. The molecule has 4 aromatic rings. The molecule has 1 saturated heterocycles. The number of aliphatic hydroxyl groups excluding tert-OH is 2. The van der Waals surface area contributed by atoms with E-state index in [9.17, 15) is 34.2 Å². The molecule has 3 aliphatic heterocycles. The van der Waals surface area contributed by atoms with Gasteiger partial charge in [-0.3, -0.25) is 9.59 Å². The van der Waals surface area contributed by atoms with Gasteiger partial charge in [0.25, 0.3) is 5.56 Å². The number of amides is 3. The molecule has 3 amide bonds. The maximum atomic E-state index is 14.2. The zero-order valence-electron chi connectivity index (χ0n) is 35.1. The maximum Gasteiger partial charge on any atom is 0.355 e. The molecule has 0 spiro atoms. The van der Waals surface area contributed by atoms with Crippen LogP contribution in [0.4, 0.5) is 10.5 Å². The van der Waals surface area contributed by atoms with Crippen LogP contribution in [-0.4, -0.2) is 100 Å². The SMILES string of the molecule is CC[C@@]1(OC(=O)[C@@H](NC(=O)[C@H](CCCN)NC(=O)Nc2ccc(O[C@H]3O[C@@H](C)C(O)[C@@H](OC)[C@@H]3O)cc2)C(C)C)C(=O)OCc2c1cc1n(c2=O)Cc2cc3ccccc3nc2-1. The smallest absolute Gasteiger partial charge is 0.355 e. The highest BCUT2D eigenvalue weighted by Gasteiger charge is 2.52. The summed E-state index contributed by atoms with van der Waals surface area (Å²) in [6, 6.07) is 14.2. The van der Waals surface area contributed by atoms with Gasteiger partial charge in [-0.05, 0) is 81.1 Å². The minimum absolute atomic E-state index is 0.0773. The Kier molecular flexibility index (Phi) is 13.0. The van der Waals surface area contributed by atoms with Crippen LogP contribution in [0.3, 0.4) is 0 Å². The molecule has 0 aliphatic carbocycles. The van der Waals surface area contributed by atoms with E-state index in [0.717, 1.165) is 16.5 Å². The second-order valence-electron chi connectivity index (χ2n) is 16.0.